The van der Waals surface area contributed by atoms with Gasteiger partial charge in [0, 0.05) is 13.1 Å². The third-order valence-corrected chi connectivity index (χ3v) is 3.26. The van der Waals surface area contributed by atoms with Gasteiger partial charge in [0.15, 0.2) is 0 Å². The Morgan fingerprint density at radius 3 is 2.81 bits per heavy atom. The first-order valence-corrected chi connectivity index (χ1v) is 6.84. The number of anilines is 1. The van der Waals surface area contributed by atoms with Crippen LogP contribution in [0.1, 0.15) is 23.2 Å². The Bertz CT molecular complexity index is 663. The van der Waals surface area contributed by atoms with E-state index in [9.17, 15) is 4.79 Å². The van der Waals surface area contributed by atoms with Gasteiger partial charge in [-0.05, 0) is 13.8 Å². The van der Waals surface area contributed by atoms with E-state index >= 15 is 0 Å². The number of rotatable bonds is 3. The van der Waals surface area contributed by atoms with Crippen LogP contribution in [0.15, 0.2) is 4.52 Å². The zero-order valence-corrected chi connectivity index (χ0v) is 12.0. The van der Waals surface area contributed by atoms with Crippen molar-refractivity contribution < 1.29 is 18.8 Å². The molecule has 3 heterocycles. The lowest BCUT2D eigenvalue weighted by Crippen LogP contribution is -2.37. The molecule has 1 aliphatic heterocycles. The second kappa shape index (κ2) is 5.65. The molecular weight excluding hydrogens is 276 g/mol. The van der Waals surface area contributed by atoms with Gasteiger partial charge in [-0.25, -0.2) is 9.78 Å². The lowest BCUT2D eigenvalue weighted by Gasteiger charge is -2.28. The van der Waals surface area contributed by atoms with E-state index in [2.05, 4.69) is 15.1 Å². The molecule has 0 N–H and O–H groups in total. The molecule has 0 unspecified atom stereocenters. The summed E-state index contributed by atoms with van der Waals surface area (Å²) in [7, 11) is 0. The molecule has 0 radical (unpaired) electrons. The summed E-state index contributed by atoms with van der Waals surface area (Å²) in [4.78, 5) is 22.4. The van der Waals surface area contributed by atoms with Crippen LogP contribution in [0.5, 0.6) is 0 Å². The van der Waals surface area contributed by atoms with E-state index in [0.29, 0.717) is 43.5 Å². The highest BCUT2D eigenvalue weighted by molar-refractivity contribution is 5.93. The van der Waals surface area contributed by atoms with Crippen LogP contribution in [0.4, 0.5) is 5.82 Å². The number of carbonyl (C=O) groups is 1. The Morgan fingerprint density at radius 1 is 1.33 bits per heavy atom. The number of nitrogens with zero attached hydrogens (tertiary/aromatic N) is 4. The molecule has 0 aromatic carbocycles. The van der Waals surface area contributed by atoms with Gasteiger partial charge in [-0.15, -0.1) is 0 Å². The SMILES string of the molecule is CCOC(=O)c1nc(N2CCOCC2)c2c(C)noc2n1. The summed E-state index contributed by atoms with van der Waals surface area (Å²) in [6.45, 7) is 6.44. The van der Waals surface area contributed by atoms with Crippen LogP contribution in [0.25, 0.3) is 11.1 Å². The number of carbonyl (C=O) groups excluding carboxylic acids is 1. The van der Waals surface area contributed by atoms with Crippen LogP contribution in [-0.2, 0) is 9.47 Å². The summed E-state index contributed by atoms with van der Waals surface area (Å²) in [5.41, 5.74) is 0.994. The second-order valence-electron chi connectivity index (χ2n) is 4.64. The van der Waals surface area contributed by atoms with Crippen molar-refractivity contribution in [1.29, 1.82) is 0 Å². The first kappa shape index (κ1) is 13.7. The fourth-order valence-corrected chi connectivity index (χ4v) is 2.26. The van der Waals surface area contributed by atoms with E-state index in [4.69, 9.17) is 14.0 Å². The normalized spacial score (nSPS) is 15.4. The zero-order valence-electron chi connectivity index (χ0n) is 12.0. The molecule has 21 heavy (non-hydrogen) atoms. The van der Waals surface area contributed by atoms with Crippen molar-refractivity contribution in [2.75, 3.05) is 37.8 Å². The number of hydrogen-bond donors (Lipinski definition) is 0. The molecule has 0 spiro atoms. The predicted molar refractivity (Wildman–Crippen MR) is 73.3 cm³/mol. The fraction of sp³-hybridized carbons (Fsp3) is 0.538. The van der Waals surface area contributed by atoms with Gasteiger partial charge >= 0.3 is 5.97 Å². The molecule has 112 valence electrons. The van der Waals surface area contributed by atoms with Gasteiger partial charge < -0.3 is 18.9 Å². The van der Waals surface area contributed by atoms with E-state index in [1.807, 2.05) is 11.8 Å². The largest absolute Gasteiger partial charge is 0.460 e. The Morgan fingerprint density at radius 2 is 2.10 bits per heavy atom. The summed E-state index contributed by atoms with van der Waals surface area (Å²) >= 11 is 0. The van der Waals surface area contributed by atoms with Crippen molar-refractivity contribution in [3.8, 4) is 0 Å². The molecule has 1 aliphatic rings. The molecule has 8 heteroatoms. The van der Waals surface area contributed by atoms with E-state index in [-0.39, 0.29) is 12.4 Å². The smallest absolute Gasteiger partial charge is 0.376 e. The Balaban J connectivity index is 2.09. The monoisotopic (exact) mass is 292 g/mol. The van der Waals surface area contributed by atoms with E-state index in [0.717, 1.165) is 5.39 Å². The van der Waals surface area contributed by atoms with Crippen LogP contribution in [0.2, 0.25) is 0 Å². The third kappa shape index (κ3) is 2.54. The van der Waals surface area contributed by atoms with E-state index in [1.54, 1.807) is 6.92 Å². The summed E-state index contributed by atoms with van der Waals surface area (Å²) in [5, 5.41) is 4.64. The summed E-state index contributed by atoms with van der Waals surface area (Å²) in [5.74, 6) is 0.0649. The molecular formula is C13H16N4O4. The molecule has 2 aromatic heterocycles. The zero-order chi connectivity index (χ0) is 14.8. The molecule has 1 fully saturated rings. The van der Waals surface area contributed by atoms with Crippen LogP contribution in [0.3, 0.4) is 0 Å². The van der Waals surface area contributed by atoms with Crippen molar-refractivity contribution in [3.63, 3.8) is 0 Å². The molecule has 2 aromatic rings. The van der Waals surface area contributed by atoms with E-state index < -0.39 is 5.97 Å². The summed E-state index contributed by atoms with van der Waals surface area (Å²) in [6.07, 6.45) is 0. The molecule has 0 aliphatic carbocycles. The average Bonchev–Trinajstić information content (AvgIpc) is 2.89. The highest BCUT2D eigenvalue weighted by Gasteiger charge is 2.24. The van der Waals surface area contributed by atoms with Gasteiger partial charge in [0.25, 0.3) is 5.71 Å². The second-order valence-corrected chi connectivity index (χ2v) is 4.64. The number of aromatic nitrogens is 3. The Hall–Kier alpha value is -2.22. The minimum atomic E-state index is -0.567. The van der Waals surface area contributed by atoms with Crippen molar-refractivity contribution in [1.82, 2.24) is 15.1 Å². The third-order valence-electron chi connectivity index (χ3n) is 3.26. The van der Waals surface area contributed by atoms with Gasteiger partial charge in [-0.1, -0.05) is 5.16 Å². The minimum Gasteiger partial charge on any atom is -0.460 e. The van der Waals surface area contributed by atoms with Crippen molar-refractivity contribution in [2.45, 2.75) is 13.8 Å². The molecule has 0 saturated carbocycles. The van der Waals surface area contributed by atoms with Gasteiger partial charge in [-0.3, -0.25) is 0 Å². The van der Waals surface area contributed by atoms with Crippen LogP contribution >= 0.6 is 0 Å². The number of esters is 1. The number of aryl methyl sites for hydroxylation is 1. The summed E-state index contributed by atoms with van der Waals surface area (Å²) in [6, 6.07) is 0. The van der Waals surface area contributed by atoms with Crippen LogP contribution in [0, 0.1) is 6.92 Å². The van der Waals surface area contributed by atoms with Gasteiger partial charge in [0.1, 0.15) is 11.2 Å². The van der Waals surface area contributed by atoms with E-state index in [1.165, 1.54) is 0 Å². The number of ether oxygens (including phenoxy) is 2. The predicted octanol–water partition coefficient (Wildman–Crippen LogP) is 0.940. The minimum absolute atomic E-state index is 0.0120. The van der Waals surface area contributed by atoms with Crippen LogP contribution in [-0.4, -0.2) is 54.0 Å². The molecule has 8 nitrogen and oxygen atoms in total. The maximum Gasteiger partial charge on any atom is 0.376 e. The molecule has 3 rings (SSSR count). The lowest BCUT2D eigenvalue weighted by molar-refractivity contribution is 0.0512. The van der Waals surface area contributed by atoms with Gasteiger partial charge in [0.2, 0.25) is 5.82 Å². The average molecular weight is 292 g/mol. The number of morpholine rings is 1. The van der Waals surface area contributed by atoms with Crippen LogP contribution < -0.4 is 4.90 Å². The quantitative estimate of drug-likeness (QED) is 0.772. The van der Waals surface area contributed by atoms with Gasteiger partial charge in [0.05, 0.1) is 25.5 Å². The Kier molecular flexibility index (Phi) is 3.70. The molecule has 0 atom stereocenters. The highest BCUT2D eigenvalue weighted by atomic mass is 16.5. The molecule has 0 bridgehead atoms. The van der Waals surface area contributed by atoms with Gasteiger partial charge in [-0.2, -0.15) is 4.98 Å². The maximum atomic E-state index is 11.9. The maximum absolute atomic E-state index is 11.9. The Labute approximate surface area is 121 Å². The fourth-order valence-electron chi connectivity index (χ4n) is 2.26. The first-order valence-electron chi connectivity index (χ1n) is 6.84. The molecule has 0 amide bonds. The van der Waals surface area contributed by atoms with Crippen molar-refractivity contribution in [3.05, 3.63) is 11.5 Å². The first-order chi connectivity index (χ1) is 10.2. The number of fused-ring (bicyclic) bond motifs is 1. The topological polar surface area (TPSA) is 90.6 Å². The number of hydrogen-bond acceptors (Lipinski definition) is 8. The van der Waals surface area contributed by atoms with Crippen molar-refractivity contribution in [2.24, 2.45) is 0 Å². The lowest BCUT2D eigenvalue weighted by atomic mass is 10.2. The standard InChI is InChI=1S/C13H16N4O4/c1-3-20-13(18)10-14-11(17-4-6-19-7-5-17)9-8(2)16-21-12(9)15-10/h3-7H2,1-2H3. The summed E-state index contributed by atoms with van der Waals surface area (Å²) < 4.78 is 15.5. The molecule has 1 saturated heterocycles. The highest BCUT2D eigenvalue weighted by Crippen LogP contribution is 2.27. The van der Waals surface area contributed by atoms with Crippen molar-refractivity contribution >= 4 is 22.9 Å².